The molecule has 0 heterocycles. The lowest BCUT2D eigenvalue weighted by Crippen LogP contribution is -2.28. The van der Waals surface area contributed by atoms with Crippen molar-refractivity contribution in [2.75, 3.05) is 24.2 Å². The second-order valence-corrected chi connectivity index (χ2v) is 6.23. The third-order valence-corrected chi connectivity index (χ3v) is 3.05. The van der Waals surface area contributed by atoms with Gasteiger partial charge in [0.2, 0.25) is 11.8 Å². The van der Waals surface area contributed by atoms with Crippen LogP contribution in [-0.4, -0.2) is 25.4 Å². The van der Waals surface area contributed by atoms with E-state index in [9.17, 15) is 9.59 Å². The van der Waals surface area contributed by atoms with Gasteiger partial charge < -0.3 is 16.0 Å². The van der Waals surface area contributed by atoms with Crippen LogP contribution in [0, 0.1) is 11.3 Å². The third-order valence-electron chi connectivity index (χ3n) is 3.05. The minimum atomic E-state index is -0.435. The number of nitrogens with one attached hydrogen (secondary N) is 3. The van der Waals surface area contributed by atoms with Gasteiger partial charge in [0.1, 0.15) is 0 Å². The van der Waals surface area contributed by atoms with Crippen LogP contribution in [0.15, 0.2) is 24.3 Å². The molecule has 3 N–H and O–H groups in total. The molecule has 5 heteroatoms. The van der Waals surface area contributed by atoms with Gasteiger partial charge in [-0.15, -0.1) is 0 Å². The number of hydrogen-bond donors (Lipinski definition) is 3. The van der Waals surface area contributed by atoms with Crippen LogP contribution in [0.2, 0.25) is 0 Å². The van der Waals surface area contributed by atoms with Gasteiger partial charge in [-0.1, -0.05) is 27.7 Å². The van der Waals surface area contributed by atoms with Crippen LogP contribution in [0.3, 0.4) is 0 Å². The van der Waals surface area contributed by atoms with Crippen molar-refractivity contribution in [3.8, 4) is 0 Å². The van der Waals surface area contributed by atoms with E-state index in [1.807, 2.05) is 34.7 Å². The first kappa shape index (κ1) is 17.2. The summed E-state index contributed by atoms with van der Waals surface area (Å²) >= 11 is 0. The zero-order valence-corrected chi connectivity index (χ0v) is 13.4. The van der Waals surface area contributed by atoms with E-state index in [0.29, 0.717) is 6.54 Å². The zero-order chi connectivity index (χ0) is 16.0. The van der Waals surface area contributed by atoms with Crippen molar-refractivity contribution in [1.82, 2.24) is 5.32 Å². The Morgan fingerprint density at radius 2 is 1.52 bits per heavy atom. The second-order valence-electron chi connectivity index (χ2n) is 6.23. The lowest BCUT2D eigenvalue weighted by molar-refractivity contribution is -0.123. The summed E-state index contributed by atoms with van der Waals surface area (Å²) in [4.78, 5) is 23.7. The predicted octanol–water partition coefficient (Wildman–Crippen LogP) is 2.47. The quantitative estimate of drug-likeness (QED) is 0.780. The molecule has 0 aliphatic heterocycles. The Labute approximate surface area is 126 Å². The highest BCUT2D eigenvalue weighted by Gasteiger charge is 2.21. The number of anilines is 2. The van der Waals surface area contributed by atoms with Crippen LogP contribution < -0.4 is 16.0 Å². The highest BCUT2D eigenvalue weighted by atomic mass is 16.2. The van der Waals surface area contributed by atoms with E-state index in [2.05, 4.69) is 16.0 Å². The molecule has 2 amide bonds. The maximum absolute atomic E-state index is 11.9. The Hall–Kier alpha value is -1.88. The molecule has 21 heavy (non-hydrogen) atoms. The van der Waals surface area contributed by atoms with E-state index in [0.717, 1.165) is 11.4 Å². The summed E-state index contributed by atoms with van der Waals surface area (Å²) in [7, 11) is 1.82. The Kier molecular flexibility index (Phi) is 5.90. The number of carbonyl (C=O) groups excluding carboxylic acids is 2. The fourth-order valence-electron chi connectivity index (χ4n) is 1.62. The van der Waals surface area contributed by atoms with Crippen LogP contribution in [0.1, 0.15) is 27.7 Å². The monoisotopic (exact) mass is 291 g/mol. The van der Waals surface area contributed by atoms with E-state index < -0.39 is 5.41 Å². The summed E-state index contributed by atoms with van der Waals surface area (Å²) < 4.78 is 0. The van der Waals surface area contributed by atoms with Gasteiger partial charge >= 0.3 is 0 Å². The van der Waals surface area contributed by atoms with E-state index in [4.69, 9.17) is 0 Å². The summed E-state index contributed by atoms with van der Waals surface area (Å²) in [5.41, 5.74) is 1.00. The van der Waals surface area contributed by atoms with Crippen molar-refractivity contribution in [2.45, 2.75) is 27.7 Å². The molecule has 0 aromatic heterocycles. The molecule has 1 rings (SSSR count). The predicted molar refractivity (Wildman–Crippen MR) is 86.2 cm³/mol. The fraction of sp³-hybridized carbons (Fsp3) is 0.500. The van der Waals surface area contributed by atoms with Gasteiger partial charge in [0.05, 0.1) is 0 Å². The van der Waals surface area contributed by atoms with Crippen LogP contribution in [-0.2, 0) is 9.59 Å². The average molecular weight is 291 g/mol. The smallest absolute Gasteiger partial charge is 0.229 e. The molecule has 0 saturated heterocycles. The van der Waals surface area contributed by atoms with E-state index in [-0.39, 0.29) is 17.7 Å². The summed E-state index contributed by atoms with van der Waals surface area (Å²) in [6, 6.07) is 7.12. The molecular formula is C16H25N3O2. The first-order valence-corrected chi connectivity index (χ1v) is 7.11. The van der Waals surface area contributed by atoms with Gasteiger partial charge in [0, 0.05) is 29.3 Å². The molecule has 0 bridgehead atoms. The van der Waals surface area contributed by atoms with Crippen LogP contribution in [0.25, 0.3) is 0 Å². The zero-order valence-electron chi connectivity index (χ0n) is 13.4. The molecule has 5 nitrogen and oxygen atoms in total. The van der Waals surface area contributed by atoms with Crippen LogP contribution >= 0.6 is 0 Å². The summed E-state index contributed by atoms with van der Waals surface area (Å²) in [5, 5.41) is 8.66. The molecule has 0 fully saturated rings. The highest BCUT2D eigenvalue weighted by Crippen LogP contribution is 2.19. The van der Waals surface area contributed by atoms with Crippen molar-refractivity contribution in [3.05, 3.63) is 24.3 Å². The largest absolute Gasteiger partial charge is 0.326 e. The van der Waals surface area contributed by atoms with E-state index in [1.54, 1.807) is 24.3 Å². The topological polar surface area (TPSA) is 70.2 Å². The van der Waals surface area contributed by atoms with E-state index in [1.165, 1.54) is 0 Å². The van der Waals surface area contributed by atoms with Crippen molar-refractivity contribution in [1.29, 1.82) is 0 Å². The molecule has 1 atom stereocenters. The number of rotatable bonds is 5. The first-order chi connectivity index (χ1) is 9.74. The third kappa shape index (κ3) is 5.55. The molecule has 1 aromatic rings. The lowest BCUT2D eigenvalue weighted by atomic mass is 9.95. The van der Waals surface area contributed by atoms with E-state index >= 15 is 0 Å². The normalized spacial score (nSPS) is 12.6. The summed E-state index contributed by atoms with van der Waals surface area (Å²) in [6.45, 7) is 8.08. The van der Waals surface area contributed by atoms with Crippen LogP contribution in [0.5, 0.6) is 0 Å². The SMILES string of the molecule is CNCC(C)C(=O)Nc1ccc(NC(=O)C(C)(C)C)cc1. The molecule has 116 valence electrons. The van der Waals surface area contributed by atoms with Crippen molar-refractivity contribution >= 4 is 23.2 Å². The van der Waals surface area contributed by atoms with Gasteiger partial charge in [0.15, 0.2) is 0 Å². The fourth-order valence-corrected chi connectivity index (χ4v) is 1.62. The average Bonchev–Trinajstić information content (AvgIpc) is 2.40. The van der Waals surface area contributed by atoms with Gasteiger partial charge in [-0.2, -0.15) is 0 Å². The Balaban J connectivity index is 2.62. The van der Waals surface area contributed by atoms with Crippen molar-refractivity contribution < 1.29 is 9.59 Å². The second kappa shape index (κ2) is 7.22. The number of amides is 2. The Morgan fingerprint density at radius 3 is 1.95 bits per heavy atom. The minimum Gasteiger partial charge on any atom is -0.326 e. The van der Waals surface area contributed by atoms with Crippen molar-refractivity contribution in [3.63, 3.8) is 0 Å². The maximum Gasteiger partial charge on any atom is 0.229 e. The van der Waals surface area contributed by atoms with Crippen molar-refractivity contribution in [2.24, 2.45) is 11.3 Å². The van der Waals surface area contributed by atoms with Gasteiger partial charge in [-0.3, -0.25) is 9.59 Å². The van der Waals surface area contributed by atoms with Gasteiger partial charge in [-0.25, -0.2) is 0 Å². The lowest BCUT2D eigenvalue weighted by Gasteiger charge is -2.18. The highest BCUT2D eigenvalue weighted by molar-refractivity contribution is 5.95. The molecular weight excluding hydrogens is 266 g/mol. The Morgan fingerprint density at radius 1 is 1.05 bits per heavy atom. The Bertz CT molecular complexity index is 489. The molecule has 0 radical (unpaired) electrons. The molecule has 1 aromatic carbocycles. The van der Waals surface area contributed by atoms with Gasteiger partial charge in [-0.05, 0) is 31.3 Å². The molecule has 0 saturated carbocycles. The number of benzene rings is 1. The maximum atomic E-state index is 11.9. The van der Waals surface area contributed by atoms with Crippen LogP contribution in [0.4, 0.5) is 11.4 Å². The number of carbonyl (C=O) groups is 2. The molecule has 0 aliphatic carbocycles. The molecule has 0 aliphatic rings. The minimum absolute atomic E-state index is 0.0316. The molecule has 0 spiro atoms. The standard InChI is InChI=1S/C16H25N3O2/c1-11(10-17-5)14(20)18-12-6-8-13(9-7-12)19-15(21)16(2,3)4/h6-9,11,17H,10H2,1-5H3,(H,18,20)(H,19,21). The number of hydrogen-bond acceptors (Lipinski definition) is 3. The van der Waals surface area contributed by atoms with Gasteiger partial charge in [0.25, 0.3) is 0 Å². The summed E-state index contributed by atoms with van der Waals surface area (Å²) in [6.07, 6.45) is 0. The first-order valence-electron chi connectivity index (χ1n) is 7.11. The molecule has 1 unspecified atom stereocenters. The summed E-state index contributed by atoms with van der Waals surface area (Å²) in [5.74, 6) is -0.173.